The molecule has 0 bridgehead atoms. The number of nitrogens with zero attached hydrogens (tertiary/aromatic N) is 4. The molecule has 0 radical (unpaired) electrons. The molecule has 3 aromatic rings. The molecule has 1 aromatic carbocycles. The van der Waals surface area contributed by atoms with Crippen LogP contribution in [0.2, 0.25) is 0 Å². The zero-order valence-corrected chi connectivity index (χ0v) is 16.6. The second kappa shape index (κ2) is 7.69. The van der Waals surface area contributed by atoms with E-state index in [0.717, 1.165) is 31.5 Å². The Bertz CT molecular complexity index is 906. The van der Waals surface area contributed by atoms with Gasteiger partial charge in [-0.1, -0.05) is 32.0 Å². The summed E-state index contributed by atoms with van der Waals surface area (Å²) in [6.07, 6.45) is 7.58. The van der Waals surface area contributed by atoms with Gasteiger partial charge in [-0.05, 0) is 44.2 Å². The minimum Gasteiger partial charge on any atom is -0.306 e. The van der Waals surface area contributed by atoms with E-state index in [1.54, 1.807) is 0 Å². The van der Waals surface area contributed by atoms with Crippen LogP contribution in [0.5, 0.6) is 0 Å². The van der Waals surface area contributed by atoms with Gasteiger partial charge in [0.15, 0.2) is 0 Å². The van der Waals surface area contributed by atoms with Gasteiger partial charge in [-0.2, -0.15) is 10.2 Å². The van der Waals surface area contributed by atoms with Gasteiger partial charge in [0.2, 0.25) is 0 Å². The molecule has 142 valence electrons. The predicted octanol–water partition coefficient (Wildman–Crippen LogP) is 3.90. The molecule has 2 aromatic heterocycles. The molecule has 1 unspecified atom stereocenters. The van der Waals surface area contributed by atoms with Gasteiger partial charge in [0.25, 0.3) is 0 Å². The third kappa shape index (κ3) is 3.44. The van der Waals surface area contributed by atoms with Crippen LogP contribution in [0.1, 0.15) is 60.9 Å². The third-order valence-corrected chi connectivity index (χ3v) is 5.59. The van der Waals surface area contributed by atoms with Crippen molar-refractivity contribution < 1.29 is 0 Å². The summed E-state index contributed by atoms with van der Waals surface area (Å²) in [6, 6.07) is 10.9. The number of hydrogen-bond donors (Lipinski definition) is 1. The maximum Gasteiger partial charge on any atom is 0.0674 e. The van der Waals surface area contributed by atoms with E-state index in [4.69, 9.17) is 5.10 Å². The van der Waals surface area contributed by atoms with Crippen LogP contribution in [0, 0.1) is 0 Å². The molecule has 4 rings (SSSR count). The highest BCUT2D eigenvalue weighted by Gasteiger charge is 2.24. The molecule has 0 fully saturated rings. The van der Waals surface area contributed by atoms with Gasteiger partial charge in [0.1, 0.15) is 0 Å². The topological polar surface area (TPSA) is 47.7 Å². The van der Waals surface area contributed by atoms with Crippen molar-refractivity contribution in [2.24, 2.45) is 7.05 Å². The van der Waals surface area contributed by atoms with Crippen molar-refractivity contribution in [1.29, 1.82) is 0 Å². The first kappa shape index (κ1) is 18.0. The lowest BCUT2D eigenvalue weighted by atomic mass is 9.93. The minimum absolute atomic E-state index is 0.386. The van der Waals surface area contributed by atoms with E-state index in [-0.39, 0.29) is 0 Å². The Labute approximate surface area is 161 Å². The highest BCUT2D eigenvalue weighted by molar-refractivity contribution is 5.38. The lowest BCUT2D eigenvalue weighted by Crippen LogP contribution is -2.25. The molecule has 27 heavy (non-hydrogen) atoms. The van der Waals surface area contributed by atoms with E-state index in [9.17, 15) is 0 Å². The van der Waals surface area contributed by atoms with E-state index in [0.29, 0.717) is 6.04 Å². The lowest BCUT2D eigenvalue weighted by Gasteiger charge is -2.23. The Morgan fingerprint density at radius 3 is 2.67 bits per heavy atom. The number of fused-ring (bicyclic) bond motifs is 1. The molecule has 5 heteroatoms. The van der Waals surface area contributed by atoms with Crippen molar-refractivity contribution in [2.75, 3.05) is 0 Å². The van der Waals surface area contributed by atoms with Crippen LogP contribution in [0.25, 0.3) is 5.69 Å². The van der Waals surface area contributed by atoms with Gasteiger partial charge in [-0.15, -0.1) is 0 Å². The summed E-state index contributed by atoms with van der Waals surface area (Å²) in [4.78, 5) is 0. The fourth-order valence-corrected chi connectivity index (χ4v) is 4.27. The van der Waals surface area contributed by atoms with Gasteiger partial charge in [0, 0.05) is 42.7 Å². The van der Waals surface area contributed by atoms with Gasteiger partial charge in [-0.3, -0.25) is 4.68 Å². The quantitative estimate of drug-likeness (QED) is 0.723. The zero-order chi connectivity index (χ0) is 18.8. The van der Waals surface area contributed by atoms with E-state index in [1.165, 1.54) is 41.1 Å². The molecule has 0 saturated carbocycles. The number of nitrogens with one attached hydrogen (secondary N) is 1. The summed E-state index contributed by atoms with van der Waals surface area (Å²) in [5, 5.41) is 13.4. The maximum absolute atomic E-state index is 4.94. The summed E-state index contributed by atoms with van der Waals surface area (Å²) in [5.41, 5.74) is 7.64. The monoisotopic (exact) mass is 363 g/mol. The average Bonchev–Trinajstić information content (AvgIpc) is 3.26. The molecule has 1 N–H and O–H groups in total. The molecule has 0 amide bonds. The minimum atomic E-state index is 0.386. The second-order valence-electron chi connectivity index (χ2n) is 7.36. The number of para-hydroxylation sites is 1. The van der Waals surface area contributed by atoms with Crippen LogP contribution in [-0.2, 0) is 32.9 Å². The summed E-state index contributed by atoms with van der Waals surface area (Å²) in [5.74, 6) is 0. The first-order valence-corrected chi connectivity index (χ1v) is 10.1. The Morgan fingerprint density at radius 1 is 1.11 bits per heavy atom. The molecule has 0 spiro atoms. The van der Waals surface area contributed by atoms with E-state index in [1.807, 2.05) is 11.7 Å². The third-order valence-electron chi connectivity index (χ3n) is 5.59. The van der Waals surface area contributed by atoms with Crippen molar-refractivity contribution in [1.82, 2.24) is 24.9 Å². The molecule has 2 heterocycles. The Morgan fingerprint density at radius 2 is 1.93 bits per heavy atom. The maximum atomic E-state index is 4.94. The fraction of sp³-hybridized carbons (Fsp3) is 0.455. The molecule has 0 aliphatic heterocycles. The van der Waals surface area contributed by atoms with Gasteiger partial charge in [-0.25, -0.2) is 4.68 Å². The van der Waals surface area contributed by atoms with Crippen molar-refractivity contribution in [3.8, 4) is 5.69 Å². The zero-order valence-electron chi connectivity index (χ0n) is 16.6. The summed E-state index contributed by atoms with van der Waals surface area (Å²) < 4.78 is 4.08. The largest absolute Gasteiger partial charge is 0.306 e. The SMILES string of the molecule is CCc1nn(-c2ccccc2)c(CC)c1CNC1CCCc2nn(C)cc21. The van der Waals surface area contributed by atoms with Crippen molar-refractivity contribution in [2.45, 2.75) is 58.5 Å². The van der Waals surface area contributed by atoms with Crippen molar-refractivity contribution in [3.05, 3.63) is 64.7 Å². The average molecular weight is 364 g/mol. The molecular weight excluding hydrogens is 334 g/mol. The molecular formula is C22H29N5. The smallest absolute Gasteiger partial charge is 0.0674 e. The molecule has 1 aliphatic rings. The lowest BCUT2D eigenvalue weighted by molar-refractivity contribution is 0.456. The molecule has 0 saturated heterocycles. The van der Waals surface area contributed by atoms with Crippen LogP contribution >= 0.6 is 0 Å². The Balaban J connectivity index is 1.62. The Hall–Kier alpha value is -2.40. The van der Waals surface area contributed by atoms with Crippen molar-refractivity contribution >= 4 is 0 Å². The van der Waals surface area contributed by atoms with Crippen LogP contribution in [-0.4, -0.2) is 19.6 Å². The molecule has 1 atom stereocenters. The summed E-state index contributed by atoms with van der Waals surface area (Å²) >= 11 is 0. The van der Waals surface area contributed by atoms with E-state index in [2.05, 4.69) is 65.5 Å². The van der Waals surface area contributed by atoms with Crippen molar-refractivity contribution in [3.63, 3.8) is 0 Å². The number of rotatable bonds is 6. The fourth-order valence-electron chi connectivity index (χ4n) is 4.27. The molecule has 5 nitrogen and oxygen atoms in total. The first-order chi connectivity index (χ1) is 13.2. The van der Waals surface area contributed by atoms with Gasteiger partial charge in [0.05, 0.1) is 17.1 Å². The highest BCUT2D eigenvalue weighted by atomic mass is 15.3. The number of benzene rings is 1. The predicted molar refractivity (Wildman–Crippen MR) is 108 cm³/mol. The standard InChI is InChI=1S/C22H29N5/c1-4-19-17(22(5-2)27(25-19)16-10-7-6-8-11-16)14-23-20-12-9-13-21-18(20)15-26(3)24-21/h6-8,10-11,15,20,23H,4-5,9,12-14H2,1-3H3. The van der Waals surface area contributed by atoms with E-state index >= 15 is 0 Å². The summed E-state index contributed by atoms with van der Waals surface area (Å²) in [7, 11) is 2.02. The van der Waals surface area contributed by atoms with Crippen LogP contribution < -0.4 is 5.32 Å². The number of hydrogen-bond acceptors (Lipinski definition) is 3. The first-order valence-electron chi connectivity index (χ1n) is 10.1. The van der Waals surface area contributed by atoms with Crippen LogP contribution in [0.3, 0.4) is 0 Å². The summed E-state index contributed by atoms with van der Waals surface area (Å²) in [6.45, 7) is 5.28. The number of aromatic nitrogens is 4. The van der Waals surface area contributed by atoms with Crippen LogP contribution in [0.15, 0.2) is 36.5 Å². The van der Waals surface area contributed by atoms with Crippen LogP contribution in [0.4, 0.5) is 0 Å². The van der Waals surface area contributed by atoms with Gasteiger partial charge < -0.3 is 5.32 Å². The Kier molecular flexibility index (Phi) is 5.12. The van der Waals surface area contributed by atoms with Gasteiger partial charge >= 0.3 is 0 Å². The highest BCUT2D eigenvalue weighted by Crippen LogP contribution is 2.29. The second-order valence-corrected chi connectivity index (χ2v) is 7.36. The number of aryl methyl sites for hydroxylation is 3. The normalized spacial score (nSPS) is 16.5. The molecule has 1 aliphatic carbocycles. The van der Waals surface area contributed by atoms with E-state index < -0.39 is 0 Å².